The lowest BCUT2D eigenvalue weighted by molar-refractivity contribution is -0.143. The minimum Gasteiger partial charge on any atom is -0.480 e. The molecule has 0 saturated carbocycles. The van der Waals surface area contributed by atoms with Crippen molar-refractivity contribution in [2.45, 2.75) is 32.4 Å². The molecule has 2 rings (SSSR count). The molecule has 1 aliphatic rings. The molecule has 0 bridgehead atoms. The number of carboxylic acid groups (broad SMARTS) is 1. The van der Waals surface area contributed by atoms with Crippen LogP contribution < -0.4 is 0 Å². The molecule has 0 aliphatic carbocycles. The zero-order valence-corrected chi connectivity index (χ0v) is 10.7. The van der Waals surface area contributed by atoms with Crippen molar-refractivity contribution in [3.8, 4) is 0 Å². The summed E-state index contributed by atoms with van der Waals surface area (Å²) < 4.78 is 0. The van der Waals surface area contributed by atoms with Gasteiger partial charge in [0.25, 0.3) is 0 Å². The quantitative estimate of drug-likeness (QED) is 0.901. The number of rotatable bonds is 3. The molecule has 0 saturated heterocycles. The fraction of sp³-hybridized carbons (Fsp3) is 0.462. The normalized spacial score (nSPS) is 16.8. The summed E-state index contributed by atoms with van der Waals surface area (Å²) in [5.74, 6) is -0.707. The third kappa shape index (κ3) is 2.99. The minimum absolute atomic E-state index is 0. The van der Waals surface area contributed by atoms with Gasteiger partial charge in [-0.1, -0.05) is 31.2 Å². The van der Waals surface area contributed by atoms with Gasteiger partial charge in [-0.3, -0.25) is 9.69 Å². The lowest BCUT2D eigenvalue weighted by Gasteiger charge is -2.32. The number of nitrogens with zero attached hydrogens (tertiary/aromatic N) is 1. The maximum atomic E-state index is 11.1. The summed E-state index contributed by atoms with van der Waals surface area (Å²) in [7, 11) is 0. The summed E-state index contributed by atoms with van der Waals surface area (Å²) in [6.07, 6.45) is 1.62. The topological polar surface area (TPSA) is 40.5 Å². The van der Waals surface area contributed by atoms with Crippen LogP contribution in [-0.4, -0.2) is 28.6 Å². The van der Waals surface area contributed by atoms with Crippen LogP contribution in [0.5, 0.6) is 0 Å². The van der Waals surface area contributed by atoms with Crippen molar-refractivity contribution in [2.75, 3.05) is 6.54 Å². The van der Waals surface area contributed by atoms with Crippen LogP contribution in [0, 0.1) is 0 Å². The Hall–Kier alpha value is -1.06. The van der Waals surface area contributed by atoms with Gasteiger partial charge in [-0.25, -0.2) is 0 Å². The Morgan fingerprint density at radius 3 is 2.65 bits per heavy atom. The molecule has 17 heavy (non-hydrogen) atoms. The van der Waals surface area contributed by atoms with E-state index in [1.165, 1.54) is 11.1 Å². The molecule has 1 aliphatic heterocycles. The first kappa shape index (κ1) is 14.0. The molecule has 0 spiro atoms. The van der Waals surface area contributed by atoms with Crippen molar-refractivity contribution >= 4 is 18.4 Å². The Morgan fingerprint density at radius 1 is 1.41 bits per heavy atom. The molecular formula is C13H18ClNO2. The van der Waals surface area contributed by atoms with Crippen molar-refractivity contribution in [3.63, 3.8) is 0 Å². The molecule has 4 heteroatoms. The second kappa shape index (κ2) is 6.03. The molecule has 0 radical (unpaired) electrons. The molecule has 94 valence electrons. The van der Waals surface area contributed by atoms with E-state index in [9.17, 15) is 4.79 Å². The van der Waals surface area contributed by atoms with Crippen LogP contribution >= 0.6 is 12.4 Å². The van der Waals surface area contributed by atoms with Crippen molar-refractivity contribution in [3.05, 3.63) is 35.4 Å². The Labute approximate surface area is 108 Å². The van der Waals surface area contributed by atoms with Gasteiger partial charge in [-0.2, -0.15) is 0 Å². The third-order valence-electron chi connectivity index (χ3n) is 3.27. The number of hydrogen-bond donors (Lipinski definition) is 1. The summed E-state index contributed by atoms with van der Waals surface area (Å²) in [4.78, 5) is 13.2. The first-order valence-corrected chi connectivity index (χ1v) is 5.76. The van der Waals surface area contributed by atoms with Gasteiger partial charge in [0.2, 0.25) is 0 Å². The lowest BCUT2D eigenvalue weighted by atomic mass is 9.98. The van der Waals surface area contributed by atoms with E-state index >= 15 is 0 Å². The number of carbonyl (C=O) groups is 1. The minimum atomic E-state index is -0.707. The molecular weight excluding hydrogens is 238 g/mol. The zero-order valence-electron chi connectivity index (χ0n) is 9.93. The van der Waals surface area contributed by atoms with Crippen molar-refractivity contribution < 1.29 is 9.90 Å². The first-order valence-electron chi connectivity index (χ1n) is 5.76. The lowest BCUT2D eigenvalue weighted by Crippen LogP contribution is -2.43. The maximum absolute atomic E-state index is 11.1. The molecule has 0 aromatic heterocycles. The van der Waals surface area contributed by atoms with Gasteiger partial charge >= 0.3 is 5.97 Å². The molecule has 1 unspecified atom stereocenters. The highest BCUT2D eigenvalue weighted by atomic mass is 35.5. The van der Waals surface area contributed by atoms with E-state index in [1.54, 1.807) is 0 Å². The van der Waals surface area contributed by atoms with Crippen molar-refractivity contribution in [2.24, 2.45) is 0 Å². The van der Waals surface area contributed by atoms with Gasteiger partial charge < -0.3 is 5.11 Å². The SMILES string of the molecule is CCC(C(=O)O)N1CCc2ccccc2C1.Cl. The van der Waals surface area contributed by atoms with Crippen LogP contribution in [0.15, 0.2) is 24.3 Å². The van der Waals surface area contributed by atoms with E-state index in [2.05, 4.69) is 17.0 Å². The van der Waals surface area contributed by atoms with E-state index in [1.807, 2.05) is 19.1 Å². The van der Waals surface area contributed by atoms with Crippen LogP contribution in [0.4, 0.5) is 0 Å². The second-order valence-electron chi connectivity index (χ2n) is 4.25. The van der Waals surface area contributed by atoms with Gasteiger partial charge in [0.1, 0.15) is 6.04 Å². The summed E-state index contributed by atoms with van der Waals surface area (Å²) in [5, 5.41) is 9.13. The smallest absolute Gasteiger partial charge is 0.320 e. The Balaban J connectivity index is 0.00000144. The monoisotopic (exact) mass is 255 g/mol. The summed E-state index contributed by atoms with van der Waals surface area (Å²) in [5.41, 5.74) is 2.63. The van der Waals surface area contributed by atoms with Gasteiger partial charge in [0.05, 0.1) is 0 Å². The third-order valence-corrected chi connectivity index (χ3v) is 3.27. The zero-order chi connectivity index (χ0) is 11.5. The standard InChI is InChI=1S/C13H17NO2.ClH/c1-2-12(13(15)16)14-8-7-10-5-3-4-6-11(10)9-14;/h3-6,12H,2,7-9H2,1H3,(H,15,16);1H. The Morgan fingerprint density at radius 2 is 2.06 bits per heavy atom. The fourth-order valence-electron chi connectivity index (χ4n) is 2.37. The highest BCUT2D eigenvalue weighted by Gasteiger charge is 2.26. The highest BCUT2D eigenvalue weighted by molar-refractivity contribution is 5.85. The summed E-state index contributed by atoms with van der Waals surface area (Å²) in [6.45, 7) is 3.54. The molecule has 1 aromatic rings. The predicted molar refractivity (Wildman–Crippen MR) is 69.5 cm³/mol. The number of hydrogen-bond acceptors (Lipinski definition) is 2. The van der Waals surface area contributed by atoms with Gasteiger partial charge in [-0.15, -0.1) is 12.4 Å². The molecule has 0 fully saturated rings. The van der Waals surface area contributed by atoms with E-state index in [0.717, 1.165) is 19.5 Å². The highest BCUT2D eigenvalue weighted by Crippen LogP contribution is 2.21. The van der Waals surface area contributed by atoms with Crippen LogP contribution in [0.25, 0.3) is 0 Å². The summed E-state index contributed by atoms with van der Waals surface area (Å²) >= 11 is 0. The summed E-state index contributed by atoms with van der Waals surface area (Å²) in [6, 6.07) is 7.95. The largest absolute Gasteiger partial charge is 0.480 e. The van der Waals surface area contributed by atoms with Crippen LogP contribution in [0.3, 0.4) is 0 Å². The molecule has 1 aromatic carbocycles. The first-order chi connectivity index (χ1) is 7.72. The van der Waals surface area contributed by atoms with E-state index < -0.39 is 5.97 Å². The molecule has 3 nitrogen and oxygen atoms in total. The molecule has 0 amide bonds. The maximum Gasteiger partial charge on any atom is 0.320 e. The number of carboxylic acids is 1. The number of aliphatic carboxylic acids is 1. The van der Waals surface area contributed by atoms with E-state index in [4.69, 9.17) is 5.11 Å². The van der Waals surface area contributed by atoms with Gasteiger partial charge in [0, 0.05) is 13.1 Å². The number of halogens is 1. The van der Waals surface area contributed by atoms with E-state index in [-0.39, 0.29) is 18.4 Å². The molecule has 1 atom stereocenters. The van der Waals surface area contributed by atoms with Gasteiger partial charge in [-0.05, 0) is 24.0 Å². The fourth-order valence-corrected chi connectivity index (χ4v) is 2.37. The van der Waals surface area contributed by atoms with Crippen molar-refractivity contribution in [1.82, 2.24) is 4.90 Å². The average Bonchev–Trinajstić information content (AvgIpc) is 2.29. The Bertz CT molecular complexity index is 395. The number of fused-ring (bicyclic) bond motifs is 1. The molecule has 1 heterocycles. The van der Waals surface area contributed by atoms with Crippen molar-refractivity contribution in [1.29, 1.82) is 0 Å². The predicted octanol–water partition coefficient (Wildman–Crippen LogP) is 2.33. The van der Waals surface area contributed by atoms with Crippen LogP contribution in [-0.2, 0) is 17.8 Å². The van der Waals surface area contributed by atoms with Gasteiger partial charge in [0.15, 0.2) is 0 Å². The Kier molecular flexibility index (Phi) is 4.97. The van der Waals surface area contributed by atoms with Crippen LogP contribution in [0.2, 0.25) is 0 Å². The van der Waals surface area contributed by atoms with Crippen LogP contribution in [0.1, 0.15) is 24.5 Å². The average molecular weight is 256 g/mol. The van der Waals surface area contributed by atoms with E-state index in [0.29, 0.717) is 6.42 Å². The number of benzene rings is 1. The second-order valence-corrected chi connectivity index (χ2v) is 4.25. The molecule has 1 N–H and O–H groups in total.